The lowest BCUT2D eigenvalue weighted by molar-refractivity contribution is 0.0575. The Morgan fingerprint density at radius 2 is 2.14 bits per heavy atom. The molecule has 0 saturated carbocycles. The third-order valence-corrected chi connectivity index (χ3v) is 5.91. The number of likely N-dealkylation sites (tertiary alicyclic amines) is 1. The number of hydrogen-bond acceptors (Lipinski definition) is 5. The molecule has 1 aliphatic heterocycles. The van der Waals surface area contributed by atoms with Gasteiger partial charge in [-0.05, 0) is 48.9 Å². The molecule has 2 aromatic heterocycles. The smallest absolute Gasteiger partial charge is 0.277 e. The van der Waals surface area contributed by atoms with Crippen molar-refractivity contribution in [2.24, 2.45) is 0 Å². The molecule has 1 N–H and O–H groups in total. The van der Waals surface area contributed by atoms with Crippen molar-refractivity contribution >= 4 is 40.4 Å². The number of halogens is 2. The highest BCUT2D eigenvalue weighted by molar-refractivity contribution is 7.12. The minimum atomic E-state index is -0.568. The summed E-state index contributed by atoms with van der Waals surface area (Å²) in [5, 5.41) is 8.24. The van der Waals surface area contributed by atoms with Crippen LogP contribution in [-0.2, 0) is 0 Å². The zero-order chi connectivity index (χ0) is 20.4. The first kappa shape index (κ1) is 19.6. The molecule has 0 radical (unpaired) electrons. The molecule has 0 spiro atoms. The molecule has 29 heavy (non-hydrogen) atoms. The second-order valence-corrected chi connectivity index (χ2v) is 8.04. The summed E-state index contributed by atoms with van der Waals surface area (Å²) in [6, 6.07) is 8.81. The number of carbonyl (C=O) groups excluding carboxylic acids is 2. The molecule has 4 rings (SSSR count). The molecule has 1 aromatic carbocycles. The standard InChI is InChI=1S/C20H17ClFN3O3S/c21-13-10-12(6-7-14(13)22)23-19(26)15-11-17(28-24-15)16-4-1-2-8-25(16)20(27)18-5-3-9-29-18/h3,5-7,9-11,16H,1-2,4,8H2,(H,23,26). The lowest BCUT2D eigenvalue weighted by atomic mass is 9.99. The molecule has 1 fully saturated rings. The van der Waals surface area contributed by atoms with Gasteiger partial charge >= 0.3 is 0 Å². The van der Waals surface area contributed by atoms with E-state index in [4.69, 9.17) is 16.1 Å². The Labute approximate surface area is 175 Å². The third-order valence-electron chi connectivity index (χ3n) is 4.76. The van der Waals surface area contributed by atoms with Crippen molar-refractivity contribution in [3.63, 3.8) is 0 Å². The maximum Gasteiger partial charge on any atom is 0.277 e. The van der Waals surface area contributed by atoms with Crippen molar-refractivity contribution in [1.29, 1.82) is 0 Å². The zero-order valence-corrected chi connectivity index (χ0v) is 16.8. The molecule has 1 saturated heterocycles. The predicted octanol–water partition coefficient (Wildman–Crippen LogP) is 5.15. The summed E-state index contributed by atoms with van der Waals surface area (Å²) in [5.41, 5.74) is 0.424. The monoisotopic (exact) mass is 433 g/mol. The van der Waals surface area contributed by atoms with Crippen molar-refractivity contribution in [3.05, 3.63) is 68.9 Å². The van der Waals surface area contributed by atoms with Crippen LogP contribution in [0.25, 0.3) is 0 Å². The molecular weight excluding hydrogens is 417 g/mol. The van der Waals surface area contributed by atoms with Gasteiger partial charge in [0.2, 0.25) is 0 Å². The largest absolute Gasteiger partial charge is 0.358 e. The van der Waals surface area contributed by atoms with Crippen LogP contribution in [0.2, 0.25) is 5.02 Å². The van der Waals surface area contributed by atoms with Gasteiger partial charge in [0.1, 0.15) is 5.82 Å². The molecule has 0 bridgehead atoms. The van der Waals surface area contributed by atoms with Gasteiger partial charge in [-0.15, -0.1) is 11.3 Å². The number of nitrogens with one attached hydrogen (secondary N) is 1. The topological polar surface area (TPSA) is 75.4 Å². The first-order chi connectivity index (χ1) is 14.0. The Morgan fingerprint density at radius 3 is 2.90 bits per heavy atom. The summed E-state index contributed by atoms with van der Waals surface area (Å²) >= 11 is 7.14. The molecule has 6 nitrogen and oxygen atoms in total. The predicted molar refractivity (Wildman–Crippen MR) is 108 cm³/mol. The highest BCUT2D eigenvalue weighted by Gasteiger charge is 2.32. The van der Waals surface area contributed by atoms with Gasteiger partial charge in [0.05, 0.1) is 15.9 Å². The van der Waals surface area contributed by atoms with Gasteiger partial charge in [0.25, 0.3) is 11.8 Å². The van der Waals surface area contributed by atoms with Gasteiger partial charge in [0, 0.05) is 18.3 Å². The summed E-state index contributed by atoms with van der Waals surface area (Å²) in [6.07, 6.45) is 2.61. The van der Waals surface area contributed by atoms with Gasteiger partial charge in [-0.3, -0.25) is 9.59 Å². The fourth-order valence-electron chi connectivity index (χ4n) is 3.33. The Hall–Kier alpha value is -2.71. The Balaban J connectivity index is 1.51. The quantitative estimate of drug-likeness (QED) is 0.617. The van der Waals surface area contributed by atoms with E-state index in [2.05, 4.69) is 10.5 Å². The van der Waals surface area contributed by atoms with E-state index < -0.39 is 11.7 Å². The van der Waals surface area contributed by atoms with Crippen LogP contribution in [0.1, 0.15) is 51.2 Å². The van der Waals surface area contributed by atoms with E-state index in [-0.39, 0.29) is 22.7 Å². The summed E-state index contributed by atoms with van der Waals surface area (Å²) in [5.74, 6) is -0.652. The van der Waals surface area contributed by atoms with Crippen LogP contribution in [0.5, 0.6) is 0 Å². The van der Waals surface area contributed by atoms with Crippen LogP contribution < -0.4 is 5.32 Å². The summed E-state index contributed by atoms with van der Waals surface area (Å²) < 4.78 is 18.7. The van der Waals surface area contributed by atoms with Crippen molar-refractivity contribution in [3.8, 4) is 0 Å². The van der Waals surface area contributed by atoms with E-state index in [1.54, 1.807) is 17.0 Å². The number of carbonyl (C=O) groups is 2. The zero-order valence-electron chi connectivity index (χ0n) is 15.2. The number of aromatic nitrogens is 1. The maximum absolute atomic E-state index is 13.3. The molecule has 3 aromatic rings. The first-order valence-corrected chi connectivity index (χ1v) is 10.4. The second-order valence-electron chi connectivity index (χ2n) is 6.68. The molecule has 150 valence electrons. The van der Waals surface area contributed by atoms with Crippen LogP contribution in [0.15, 0.2) is 46.3 Å². The number of amides is 2. The van der Waals surface area contributed by atoms with Gasteiger partial charge in [0.15, 0.2) is 11.5 Å². The van der Waals surface area contributed by atoms with E-state index >= 15 is 0 Å². The average molecular weight is 434 g/mol. The normalized spacial score (nSPS) is 16.6. The Bertz CT molecular complexity index is 1040. The number of anilines is 1. The van der Waals surface area contributed by atoms with E-state index in [9.17, 15) is 14.0 Å². The Morgan fingerprint density at radius 1 is 1.28 bits per heavy atom. The fraction of sp³-hybridized carbons (Fsp3) is 0.250. The van der Waals surface area contributed by atoms with Crippen LogP contribution >= 0.6 is 22.9 Å². The van der Waals surface area contributed by atoms with Crippen molar-refractivity contribution < 1.29 is 18.5 Å². The summed E-state index contributed by atoms with van der Waals surface area (Å²) in [7, 11) is 0. The Kier molecular flexibility index (Phi) is 5.64. The van der Waals surface area contributed by atoms with Gasteiger partial charge < -0.3 is 14.7 Å². The lowest BCUT2D eigenvalue weighted by Crippen LogP contribution is -2.38. The molecule has 0 aliphatic carbocycles. The minimum Gasteiger partial charge on any atom is -0.358 e. The van der Waals surface area contributed by atoms with Crippen molar-refractivity contribution in [1.82, 2.24) is 10.1 Å². The molecule has 1 aliphatic rings. The number of benzene rings is 1. The van der Waals surface area contributed by atoms with Crippen molar-refractivity contribution in [2.45, 2.75) is 25.3 Å². The number of hydrogen-bond donors (Lipinski definition) is 1. The summed E-state index contributed by atoms with van der Waals surface area (Å²) in [6.45, 7) is 0.623. The van der Waals surface area contributed by atoms with E-state index in [1.165, 1.54) is 29.5 Å². The van der Waals surface area contributed by atoms with Gasteiger partial charge in [-0.1, -0.05) is 22.8 Å². The van der Waals surface area contributed by atoms with Crippen LogP contribution in [0.3, 0.4) is 0 Å². The van der Waals surface area contributed by atoms with E-state index in [1.807, 2.05) is 11.4 Å². The highest BCUT2D eigenvalue weighted by atomic mass is 35.5. The number of thiophene rings is 1. The lowest BCUT2D eigenvalue weighted by Gasteiger charge is -2.33. The van der Waals surface area contributed by atoms with E-state index in [0.717, 1.165) is 19.3 Å². The first-order valence-electron chi connectivity index (χ1n) is 9.10. The van der Waals surface area contributed by atoms with Gasteiger partial charge in [-0.2, -0.15) is 0 Å². The van der Waals surface area contributed by atoms with Gasteiger partial charge in [-0.25, -0.2) is 4.39 Å². The van der Waals surface area contributed by atoms with E-state index in [0.29, 0.717) is 22.9 Å². The molecular formula is C20H17ClFN3O3S. The maximum atomic E-state index is 13.3. The molecule has 9 heteroatoms. The minimum absolute atomic E-state index is 0.0481. The fourth-order valence-corrected chi connectivity index (χ4v) is 4.19. The average Bonchev–Trinajstić information content (AvgIpc) is 3.42. The second kappa shape index (κ2) is 8.34. The molecule has 1 unspecified atom stereocenters. The van der Waals surface area contributed by atoms with Crippen LogP contribution in [-0.4, -0.2) is 28.4 Å². The number of rotatable bonds is 4. The SMILES string of the molecule is O=C(Nc1ccc(F)c(Cl)c1)c1cc(C2CCCCN2C(=O)c2cccs2)on1. The molecule has 1 atom stereocenters. The van der Waals surface area contributed by atoms with Crippen LogP contribution in [0.4, 0.5) is 10.1 Å². The highest BCUT2D eigenvalue weighted by Crippen LogP contribution is 2.33. The molecule has 2 amide bonds. The number of piperidine rings is 1. The van der Waals surface area contributed by atoms with Crippen molar-refractivity contribution in [2.75, 3.05) is 11.9 Å². The molecule has 3 heterocycles. The van der Waals surface area contributed by atoms with Crippen LogP contribution in [0, 0.1) is 5.82 Å². The summed E-state index contributed by atoms with van der Waals surface area (Å²) in [4.78, 5) is 27.7. The number of nitrogens with zero attached hydrogens (tertiary/aromatic N) is 2. The third kappa shape index (κ3) is 4.18.